The van der Waals surface area contributed by atoms with Crippen LogP contribution in [0, 0.1) is 17.0 Å². The molecular weight excluding hydrogens is 272 g/mol. The average molecular weight is 282 g/mol. The fourth-order valence-electron chi connectivity index (χ4n) is 2.62. The number of aromatic nitrogens is 5. The first-order valence-corrected chi connectivity index (χ1v) is 6.35. The van der Waals surface area contributed by atoms with Gasteiger partial charge in [0.05, 0.1) is 34.9 Å². The Morgan fingerprint density at radius 2 is 2.19 bits per heavy atom. The van der Waals surface area contributed by atoms with E-state index in [9.17, 15) is 10.1 Å². The van der Waals surface area contributed by atoms with Crippen molar-refractivity contribution in [1.29, 1.82) is 0 Å². The first kappa shape index (κ1) is 11.8. The van der Waals surface area contributed by atoms with Crippen LogP contribution in [0.4, 0.5) is 5.69 Å². The molecule has 0 atom stereocenters. The summed E-state index contributed by atoms with van der Waals surface area (Å²) >= 11 is 0. The van der Waals surface area contributed by atoms with E-state index in [1.54, 1.807) is 17.1 Å². The lowest BCUT2D eigenvalue weighted by Gasteiger charge is -2.07. The molecule has 104 valence electrons. The van der Waals surface area contributed by atoms with Crippen LogP contribution in [0.15, 0.2) is 30.9 Å². The number of nitrogens with zero attached hydrogens (tertiary/aromatic N) is 6. The summed E-state index contributed by atoms with van der Waals surface area (Å²) in [7, 11) is 0. The SMILES string of the molecule is Cc1ncn2c1Cn1ncnc1-c1cc([N+](=O)[O-])ccc1-2. The maximum absolute atomic E-state index is 11.0. The molecule has 0 spiro atoms. The molecule has 21 heavy (non-hydrogen) atoms. The highest BCUT2D eigenvalue weighted by Gasteiger charge is 2.24. The van der Waals surface area contributed by atoms with Crippen molar-refractivity contribution in [3.8, 4) is 17.1 Å². The van der Waals surface area contributed by atoms with Gasteiger partial charge < -0.3 is 4.57 Å². The second-order valence-corrected chi connectivity index (χ2v) is 4.85. The van der Waals surface area contributed by atoms with E-state index in [1.165, 1.54) is 18.5 Å². The average Bonchev–Trinajstić information content (AvgIpc) is 3.04. The summed E-state index contributed by atoms with van der Waals surface area (Å²) in [5, 5.41) is 15.2. The van der Waals surface area contributed by atoms with E-state index in [-0.39, 0.29) is 5.69 Å². The lowest BCUT2D eigenvalue weighted by atomic mass is 10.1. The van der Waals surface area contributed by atoms with Crippen molar-refractivity contribution in [3.63, 3.8) is 0 Å². The van der Waals surface area contributed by atoms with Crippen molar-refractivity contribution in [2.45, 2.75) is 13.5 Å². The summed E-state index contributed by atoms with van der Waals surface area (Å²) < 4.78 is 3.67. The Balaban J connectivity index is 2.08. The maximum Gasteiger partial charge on any atom is 0.270 e. The number of hydrogen-bond donors (Lipinski definition) is 0. The van der Waals surface area contributed by atoms with Crippen LogP contribution in [0.2, 0.25) is 0 Å². The van der Waals surface area contributed by atoms with E-state index in [4.69, 9.17) is 0 Å². The van der Waals surface area contributed by atoms with Crippen LogP contribution < -0.4 is 0 Å². The number of rotatable bonds is 1. The zero-order valence-electron chi connectivity index (χ0n) is 11.1. The third-order valence-corrected chi connectivity index (χ3v) is 3.68. The number of nitro groups is 1. The molecule has 0 unspecified atom stereocenters. The molecule has 0 amide bonds. The Morgan fingerprint density at radius 1 is 1.33 bits per heavy atom. The van der Waals surface area contributed by atoms with Gasteiger partial charge in [-0.2, -0.15) is 5.10 Å². The Bertz CT molecular complexity index is 879. The van der Waals surface area contributed by atoms with Gasteiger partial charge in [0, 0.05) is 17.7 Å². The van der Waals surface area contributed by atoms with Gasteiger partial charge in [0.15, 0.2) is 5.82 Å². The van der Waals surface area contributed by atoms with E-state index in [0.29, 0.717) is 17.9 Å². The minimum Gasteiger partial charge on any atom is -0.300 e. The van der Waals surface area contributed by atoms with Gasteiger partial charge in [-0.3, -0.25) is 10.1 Å². The van der Waals surface area contributed by atoms with Crippen molar-refractivity contribution in [2.24, 2.45) is 0 Å². The Kier molecular flexibility index (Phi) is 2.23. The van der Waals surface area contributed by atoms with E-state index in [1.807, 2.05) is 11.5 Å². The quantitative estimate of drug-likeness (QED) is 0.391. The summed E-state index contributed by atoms with van der Waals surface area (Å²) in [5.74, 6) is 0.622. The van der Waals surface area contributed by atoms with Gasteiger partial charge in [-0.1, -0.05) is 0 Å². The lowest BCUT2D eigenvalue weighted by Crippen LogP contribution is -2.05. The molecule has 2 aromatic heterocycles. The van der Waals surface area contributed by atoms with E-state index >= 15 is 0 Å². The monoisotopic (exact) mass is 282 g/mol. The smallest absolute Gasteiger partial charge is 0.270 e. The summed E-state index contributed by atoms with van der Waals surface area (Å²) in [6.07, 6.45) is 3.18. The molecule has 1 aromatic carbocycles. The molecule has 8 nitrogen and oxygen atoms in total. The number of fused-ring (bicyclic) bond motifs is 5. The molecule has 0 fully saturated rings. The predicted molar refractivity (Wildman–Crippen MR) is 73.1 cm³/mol. The Labute approximate surface area is 118 Å². The predicted octanol–water partition coefficient (Wildman–Crippen LogP) is 1.71. The molecule has 8 heteroatoms. The molecule has 0 saturated heterocycles. The molecule has 4 rings (SSSR count). The van der Waals surface area contributed by atoms with Gasteiger partial charge in [-0.25, -0.2) is 14.6 Å². The first-order valence-electron chi connectivity index (χ1n) is 6.35. The molecule has 3 aromatic rings. The van der Waals surface area contributed by atoms with Gasteiger partial charge in [-0.15, -0.1) is 0 Å². The number of aryl methyl sites for hydroxylation is 1. The summed E-state index contributed by atoms with van der Waals surface area (Å²) in [5.41, 5.74) is 3.43. The summed E-state index contributed by atoms with van der Waals surface area (Å²) in [6.45, 7) is 2.46. The molecule has 1 aliphatic rings. The normalized spacial score (nSPS) is 12.2. The van der Waals surface area contributed by atoms with Gasteiger partial charge >= 0.3 is 0 Å². The minimum absolute atomic E-state index is 0.0311. The molecule has 0 N–H and O–H groups in total. The Hall–Kier alpha value is -3.03. The minimum atomic E-state index is -0.411. The van der Waals surface area contributed by atoms with Crippen LogP contribution in [0.5, 0.6) is 0 Å². The molecule has 1 aliphatic heterocycles. The summed E-state index contributed by atoms with van der Waals surface area (Å²) in [4.78, 5) is 19.2. The van der Waals surface area contributed by atoms with Crippen LogP contribution in [0.1, 0.15) is 11.4 Å². The van der Waals surface area contributed by atoms with Crippen LogP contribution in [0.25, 0.3) is 17.1 Å². The Morgan fingerprint density at radius 3 is 3.00 bits per heavy atom. The highest BCUT2D eigenvalue weighted by Crippen LogP contribution is 2.33. The van der Waals surface area contributed by atoms with E-state index in [2.05, 4.69) is 15.1 Å². The van der Waals surface area contributed by atoms with Crippen LogP contribution in [-0.4, -0.2) is 29.2 Å². The number of non-ortho nitro benzene ring substituents is 1. The third-order valence-electron chi connectivity index (χ3n) is 3.68. The standard InChI is InChI=1S/C13H10N6O2/c1-8-12-5-18-13(14-6-16-18)10-4-9(19(20)21)2-3-11(10)17(12)7-15-8/h2-4,6-7H,5H2,1H3. The molecule has 3 heterocycles. The molecule has 0 aliphatic carbocycles. The largest absolute Gasteiger partial charge is 0.300 e. The van der Waals surface area contributed by atoms with E-state index < -0.39 is 4.92 Å². The molecular formula is C13H10N6O2. The van der Waals surface area contributed by atoms with Crippen LogP contribution in [-0.2, 0) is 6.54 Å². The molecule has 0 radical (unpaired) electrons. The molecule has 0 bridgehead atoms. The van der Waals surface area contributed by atoms with Crippen molar-refractivity contribution in [1.82, 2.24) is 24.3 Å². The first-order chi connectivity index (χ1) is 10.1. The number of benzene rings is 1. The second kappa shape index (κ2) is 3.98. The van der Waals surface area contributed by atoms with Gasteiger partial charge in [0.2, 0.25) is 0 Å². The van der Waals surface area contributed by atoms with Crippen LogP contribution >= 0.6 is 0 Å². The number of hydrogen-bond acceptors (Lipinski definition) is 5. The molecule has 0 saturated carbocycles. The third kappa shape index (κ3) is 1.59. The van der Waals surface area contributed by atoms with Gasteiger partial charge in [-0.05, 0) is 13.0 Å². The van der Waals surface area contributed by atoms with Crippen LogP contribution in [0.3, 0.4) is 0 Å². The fourth-order valence-corrected chi connectivity index (χ4v) is 2.62. The maximum atomic E-state index is 11.0. The topological polar surface area (TPSA) is 91.7 Å². The number of imidazole rings is 1. The zero-order valence-corrected chi connectivity index (χ0v) is 11.1. The van der Waals surface area contributed by atoms with Gasteiger partial charge in [0.25, 0.3) is 5.69 Å². The fraction of sp³-hybridized carbons (Fsp3) is 0.154. The highest BCUT2D eigenvalue weighted by molar-refractivity contribution is 5.72. The van der Waals surface area contributed by atoms with Crippen molar-refractivity contribution in [2.75, 3.05) is 0 Å². The summed E-state index contributed by atoms with van der Waals surface area (Å²) in [6, 6.07) is 4.74. The lowest BCUT2D eigenvalue weighted by molar-refractivity contribution is -0.384. The van der Waals surface area contributed by atoms with Gasteiger partial charge in [0.1, 0.15) is 6.33 Å². The van der Waals surface area contributed by atoms with E-state index in [0.717, 1.165) is 17.1 Å². The van der Waals surface area contributed by atoms with Crippen molar-refractivity contribution < 1.29 is 4.92 Å². The van der Waals surface area contributed by atoms with Crippen molar-refractivity contribution >= 4 is 5.69 Å². The zero-order chi connectivity index (χ0) is 14.6. The highest BCUT2D eigenvalue weighted by atomic mass is 16.6. The van der Waals surface area contributed by atoms with Crippen molar-refractivity contribution in [3.05, 3.63) is 52.4 Å². The number of nitro benzene ring substituents is 1. The second-order valence-electron chi connectivity index (χ2n) is 4.85.